The number of hydrogen-bond donors (Lipinski definition) is 2. The Balaban J connectivity index is 0.00000264. The second-order valence-corrected chi connectivity index (χ2v) is 8.65. The summed E-state index contributed by atoms with van der Waals surface area (Å²) in [6, 6.07) is 5.19. The quantitative estimate of drug-likeness (QED) is 0.732. The molecule has 0 aromatic heterocycles. The molecule has 1 fully saturated rings. The second kappa shape index (κ2) is 8.78. The second-order valence-electron chi connectivity index (χ2n) is 5.97. The molecule has 1 heterocycles. The van der Waals surface area contributed by atoms with E-state index in [0.29, 0.717) is 18.0 Å². The SMILES string of the molecule is COCC1(CNS(=O)(=O)c2cc(C)cc(Br)c2)CCNCC1.Cl. The molecule has 0 amide bonds. The molecule has 1 aliphatic rings. The van der Waals surface area contributed by atoms with Gasteiger partial charge in [-0.15, -0.1) is 12.4 Å². The lowest BCUT2D eigenvalue weighted by Crippen LogP contribution is -2.47. The van der Waals surface area contributed by atoms with Crippen molar-refractivity contribution in [1.29, 1.82) is 0 Å². The molecule has 0 aliphatic carbocycles. The Hall–Kier alpha value is -0.180. The van der Waals surface area contributed by atoms with E-state index in [4.69, 9.17) is 4.74 Å². The highest BCUT2D eigenvalue weighted by Gasteiger charge is 2.33. The number of halogens is 2. The van der Waals surface area contributed by atoms with Crippen LogP contribution in [0.25, 0.3) is 0 Å². The first-order valence-electron chi connectivity index (χ1n) is 7.33. The van der Waals surface area contributed by atoms with E-state index in [-0.39, 0.29) is 17.8 Å². The van der Waals surface area contributed by atoms with Gasteiger partial charge in [-0.25, -0.2) is 13.1 Å². The molecule has 2 rings (SSSR count). The first kappa shape index (κ1) is 20.9. The Morgan fingerprint density at radius 1 is 1.30 bits per heavy atom. The molecule has 1 aromatic carbocycles. The van der Waals surface area contributed by atoms with Crippen LogP contribution in [0.4, 0.5) is 0 Å². The predicted molar refractivity (Wildman–Crippen MR) is 97.7 cm³/mol. The molecule has 0 unspecified atom stereocenters. The summed E-state index contributed by atoms with van der Waals surface area (Å²) in [4.78, 5) is 0.292. The van der Waals surface area contributed by atoms with Gasteiger partial charge in [0.15, 0.2) is 0 Å². The highest BCUT2D eigenvalue weighted by atomic mass is 79.9. The molecule has 23 heavy (non-hydrogen) atoms. The van der Waals surface area contributed by atoms with Crippen LogP contribution in [0.3, 0.4) is 0 Å². The zero-order chi connectivity index (χ0) is 16.2. The molecule has 0 spiro atoms. The van der Waals surface area contributed by atoms with E-state index in [2.05, 4.69) is 26.0 Å². The summed E-state index contributed by atoms with van der Waals surface area (Å²) in [5.41, 5.74) is 0.775. The molecule has 1 saturated heterocycles. The van der Waals surface area contributed by atoms with Gasteiger partial charge in [0.2, 0.25) is 10.0 Å². The van der Waals surface area contributed by atoms with Crippen molar-refractivity contribution in [1.82, 2.24) is 10.0 Å². The topological polar surface area (TPSA) is 67.4 Å². The van der Waals surface area contributed by atoms with Gasteiger partial charge in [-0.3, -0.25) is 0 Å². The number of sulfonamides is 1. The first-order chi connectivity index (χ1) is 10.4. The van der Waals surface area contributed by atoms with Crippen LogP contribution >= 0.6 is 28.3 Å². The average Bonchev–Trinajstić information content (AvgIpc) is 2.46. The molecule has 0 atom stereocenters. The highest BCUT2D eigenvalue weighted by Crippen LogP contribution is 2.29. The molecule has 0 saturated carbocycles. The molecule has 0 radical (unpaired) electrons. The molecular weight excluding hydrogens is 404 g/mol. The number of ether oxygens (including phenoxy) is 1. The summed E-state index contributed by atoms with van der Waals surface area (Å²) < 4.78 is 33.9. The van der Waals surface area contributed by atoms with Gasteiger partial charge in [0.05, 0.1) is 11.5 Å². The third kappa shape index (κ3) is 5.69. The maximum Gasteiger partial charge on any atom is 0.240 e. The van der Waals surface area contributed by atoms with Gasteiger partial charge in [-0.05, 0) is 56.6 Å². The van der Waals surface area contributed by atoms with Crippen LogP contribution in [-0.2, 0) is 14.8 Å². The Bertz CT molecular complexity index is 593. The van der Waals surface area contributed by atoms with Crippen LogP contribution in [0.15, 0.2) is 27.6 Å². The van der Waals surface area contributed by atoms with E-state index < -0.39 is 10.0 Å². The number of methoxy groups -OCH3 is 1. The fraction of sp³-hybridized carbons (Fsp3) is 0.600. The highest BCUT2D eigenvalue weighted by molar-refractivity contribution is 9.10. The van der Waals surface area contributed by atoms with E-state index in [1.54, 1.807) is 19.2 Å². The summed E-state index contributed by atoms with van der Waals surface area (Å²) in [5.74, 6) is 0. The molecule has 8 heteroatoms. The zero-order valence-electron chi connectivity index (χ0n) is 13.4. The van der Waals surface area contributed by atoms with Crippen LogP contribution in [0, 0.1) is 12.3 Å². The van der Waals surface area contributed by atoms with E-state index in [1.807, 2.05) is 13.0 Å². The monoisotopic (exact) mass is 426 g/mol. The van der Waals surface area contributed by atoms with Gasteiger partial charge in [0, 0.05) is 23.5 Å². The summed E-state index contributed by atoms with van der Waals surface area (Å²) >= 11 is 3.35. The number of piperidine rings is 1. The Labute approximate surface area is 153 Å². The van der Waals surface area contributed by atoms with Gasteiger partial charge in [0.25, 0.3) is 0 Å². The lowest BCUT2D eigenvalue weighted by Gasteiger charge is -2.37. The molecule has 1 aliphatic heterocycles. The van der Waals surface area contributed by atoms with E-state index in [0.717, 1.165) is 36.0 Å². The summed E-state index contributed by atoms with van der Waals surface area (Å²) in [5, 5.41) is 3.30. The fourth-order valence-electron chi connectivity index (χ4n) is 2.82. The van der Waals surface area contributed by atoms with Gasteiger partial charge < -0.3 is 10.1 Å². The first-order valence-corrected chi connectivity index (χ1v) is 9.61. The van der Waals surface area contributed by atoms with Gasteiger partial charge in [0.1, 0.15) is 0 Å². The molecule has 5 nitrogen and oxygen atoms in total. The van der Waals surface area contributed by atoms with E-state index >= 15 is 0 Å². The zero-order valence-corrected chi connectivity index (χ0v) is 16.6. The number of rotatable bonds is 6. The number of benzene rings is 1. The van der Waals surface area contributed by atoms with Crippen molar-refractivity contribution in [2.24, 2.45) is 5.41 Å². The van der Waals surface area contributed by atoms with Crippen molar-refractivity contribution >= 4 is 38.4 Å². The molecule has 132 valence electrons. The Morgan fingerprint density at radius 2 is 1.96 bits per heavy atom. The molecule has 2 N–H and O–H groups in total. The largest absolute Gasteiger partial charge is 0.384 e. The predicted octanol–water partition coefficient (Wildman–Crippen LogP) is 2.47. The lowest BCUT2D eigenvalue weighted by atomic mass is 9.80. The summed E-state index contributed by atoms with van der Waals surface area (Å²) in [6.07, 6.45) is 1.81. The van der Waals surface area contributed by atoms with Crippen molar-refractivity contribution in [3.8, 4) is 0 Å². The maximum absolute atomic E-state index is 12.5. The molecule has 0 bridgehead atoms. The Kier molecular flexibility index (Phi) is 7.97. The minimum atomic E-state index is -3.52. The normalized spacial score (nSPS) is 17.5. The van der Waals surface area contributed by atoms with E-state index in [1.165, 1.54) is 0 Å². The van der Waals surface area contributed by atoms with Crippen LogP contribution in [0.2, 0.25) is 0 Å². The minimum Gasteiger partial charge on any atom is -0.384 e. The van der Waals surface area contributed by atoms with Crippen molar-refractivity contribution in [2.75, 3.05) is 33.4 Å². The lowest BCUT2D eigenvalue weighted by molar-refractivity contribution is 0.0577. The standard InChI is InChI=1S/C15H23BrN2O3S.ClH/c1-12-7-13(16)9-14(8-12)22(19,20)18-10-15(11-21-2)3-5-17-6-4-15;/h7-9,17-18H,3-6,10-11H2,1-2H3;1H. The summed E-state index contributed by atoms with van der Waals surface area (Å²) in [7, 11) is -1.85. The van der Waals surface area contributed by atoms with E-state index in [9.17, 15) is 8.42 Å². The summed E-state index contributed by atoms with van der Waals surface area (Å²) in [6.45, 7) is 4.62. The van der Waals surface area contributed by atoms with Crippen LogP contribution in [-0.4, -0.2) is 41.8 Å². The number of hydrogen-bond acceptors (Lipinski definition) is 4. The molecular formula is C15H24BrClN2O3S. The van der Waals surface area contributed by atoms with Gasteiger partial charge >= 0.3 is 0 Å². The Morgan fingerprint density at radius 3 is 2.52 bits per heavy atom. The van der Waals surface area contributed by atoms with Crippen LogP contribution in [0.5, 0.6) is 0 Å². The van der Waals surface area contributed by atoms with Crippen LogP contribution < -0.4 is 10.0 Å². The van der Waals surface area contributed by atoms with Crippen molar-refractivity contribution < 1.29 is 13.2 Å². The third-order valence-electron chi connectivity index (χ3n) is 4.08. The minimum absolute atomic E-state index is 0. The van der Waals surface area contributed by atoms with Gasteiger partial charge in [-0.1, -0.05) is 15.9 Å². The molecule has 1 aromatic rings. The van der Waals surface area contributed by atoms with Crippen molar-refractivity contribution in [3.05, 3.63) is 28.2 Å². The van der Waals surface area contributed by atoms with Crippen molar-refractivity contribution in [3.63, 3.8) is 0 Å². The van der Waals surface area contributed by atoms with Crippen molar-refractivity contribution in [2.45, 2.75) is 24.7 Å². The number of aryl methyl sites for hydroxylation is 1. The number of nitrogens with one attached hydrogen (secondary N) is 2. The average molecular weight is 428 g/mol. The van der Waals surface area contributed by atoms with Gasteiger partial charge in [-0.2, -0.15) is 0 Å². The third-order valence-corrected chi connectivity index (χ3v) is 5.92. The van der Waals surface area contributed by atoms with Crippen LogP contribution in [0.1, 0.15) is 18.4 Å². The smallest absolute Gasteiger partial charge is 0.240 e. The fourth-order valence-corrected chi connectivity index (χ4v) is 4.87. The maximum atomic E-state index is 12.5.